The molecule has 2 N–H and O–H groups in total. The van der Waals surface area contributed by atoms with E-state index in [2.05, 4.69) is 121 Å². The van der Waals surface area contributed by atoms with Gasteiger partial charge in [-0.05, 0) is 86.6 Å². The summed E-state index contributed by atoms with van der Waals surface area (Å²) < 4.78 is -0.388. The molecule has 0 fully saturated rings. The smallest absolute Gasteiger partial charge is 0.123 e. The van der Waals surface area contributed by atoms with Crippen molar-refractivity contribution in [3.63, 3.8) is 0 Å². The number of aromatic hydroxyl groups is 2. The lowest BCUT2D eigenvalue weighted by atomic mass is 9.72. The first-order chi connectivity index (χ1) is 27.5. The van der Waals surface area contributed by atoms with Crippen LogP contribution in [0.25, 0.3) is 0 Å². The van der Waals surface area contributed by atoms with Crippen molar-refractivity contribution in [1.29, 1.82) is 0 Å². The van der Waals surface area contributed by atoms with Gasteiger partial charge in [0, 0.05) is 4.75 Å². The number of phenolic OH excluding ortho intramolecular Hbond substituents is 2. The zero-order valence-electron chi connectivity index (χ0n) is 41.6. The third kappa shape index (κ3) is 18.7. The van der Waals surface area contributed by atoms with Crippen LogP contribution >= 0.6 is 12.6 Å². The quantitative estimate of drug-likeness (QED) is 0.0620. The minimum Gasteiger partial charge on any atom is -0.507 e. The molecule has 2 aromatic rings. The van der Waals surface area contributed by atoms with E-state index in [0.717, 1.165) is 47.9 Å². The van der Waals surface area contributed by atoms with Crippen LogP contribution in [0.3, 0.4) is 0 Å². The van der Waals surface area contributed by atoms with E-state index in [1.165, 1.54) is 140 Å². The van der Waals surface area contributed by atoms with Gasteiger partial charge in [-0.25, -0.2) is 0 Å². The molecule has 339 valence electrons. The highest BCUT2D eigenvalue weighted by atomic mass is 32.1. The summed E-state index contributed by atoms with van der Waals surface area (Å²) in [5, 5.41) is 23.5. The van der Waals surface area contributed by atoms with Gasteiger partial charge in [0.1, 0.15) is 11.5 Å². The topological polar surface area (TPSA) is 40.5 Å². The molecular weight excluding hydrogens is 737 g/mol. The lowest BCUT2D eigenvalue weighted by molar-refractivity contribution is 0.421. The first kappa shape index (κ1) is 53.5. The zero-order chi connectivity index (χ0) is 44.5. The van der Waals surface area contributed by atoms with E-state index in [-0.39, 0.29) is 26.4 Å². The molecule has 1 radical (unpaired) electrons. The maximum absolute atomic E-state index is 11.7. The zero-order valence-corrected chi connectivity index (χ0v) is 42.5. The summed E-state index contributed by atoms with van der Waals surface area (Å²) >= 11 is 5.95. The number of unbranched alkanes of at least 4 members (excludes halogenated alkanes) is 18. The Labute approximate surface area is 373 Å². The van der Waals surface area contributed by atoms with Gasteiger partial charge in [0.05, 0.1) is 0 Å². The molecule has 2 nitrogen and oxygen atoms in total. The summed E-state index contributed by atoms with van der Waals surface area (Å²) in [7, 11) is 0. The molecule has 0 saturated carbocycles. The van der Waals surface area contributed by atoms with Crippen LogP contribution in [0, 0.1) is 5.92 Å². The van der Waals surface area contributed by atoms with E-state index in [1.807, 2.05) is 0 Å². The predicted molar refractivity (Wildman–Crippen MR) is 266 cm³/mol. The Balaban J connectivity index is 2.61. The lowest BCUT2D eigenvalue weighted by Gasteiger charge is -2.39. The highest BCUT2D eigenvalue weighted by Crippen LogP contribution is 2.47. The number of hydrogen-bond donors (Lipinski definition) is 3. The first-order valence-corrected chi connectivity index (χ1v) is 25.2. The van der Waals surface area contributed by atoms with Crippen LogP contribution in [-0.2, 0) is 34.5 Å². The molecule has 0 aliphatic heterocycles. The van der Waals surface area contributed by atoms with Gasteiger partial charge < -0.3 is 10.2 Å². The molecule has 0 bridgehead atoms. The Bertz CT molecular complexity index is 1300. The number of benzene rings is 2. The first-order valence-electron chi connectivity index (χ1n) is 24.8. The molecule has 0 amide bonds. The summed E-state index contributed by atoms with van der Waals surface area (Å²) in [6.07, 6.45) is 30.7. The fourth-order valence-corrected chi connectivity index (χ4v) is 9.70. The van der Waals surface area contributed by atoms with Gasteiger partial charge in [0.25, 0.3) is 0 Å². The normalized spacial score (nSPS) is 13.2. The van der Waals surface area contributed by atoms with Crippen LogP contribution in [-0.4, -0.2) is 15.0 Å². The third-order valence-electron chi connectivity index (χ3n) is 12.9. The van der Waals surface area contributed by atoms with E-state index >= 15 is 0 Å². The number of hydrogen-bond acceptors (Lipinski definition) is 3. The maximum atomic E-state index is 11.7. The molecule has 0 spiro atoms. The molecule has 0 aromatic heterocycles. The molecule has 0 saturated heterocycles. The van der Waals surface area contributed by atoms with Crippen molar-refractivity contribution < 1.29 is 10.2 Å². The van der Waals surface area contributed by atoms with Gasteiger partial charge in [-0.1, -0.05) is 250 Å². The standard InChI is InChI=1S/C56H97O2S/c1-15-17-19-21-23-25-27-29-31-33-35-45(36-34-32-30-28-26-24-22-20-18-16-2)56(59,41-43-37-46(52(3,4)5)50(57)47(38-43)53(6,7)8)42-44-39-48(54(9,10)11)51(58)49(40-44)55(12,13)14/h37-40,57-59H,15-36,41-42H2,1-14H3. The van der Waals surface area contributed by atoms with Crippen LogP contribution in [0.5, 0.6) is 11.5 Å². The molecule has 2 rings (SSSR count). The highest BCUT2D eigenvalue weighted by Gasteiger charge is 2.38. The Morgan fingerprint density at radius 2 is 0.610 bits per heavy atom. The summed E-state index contributed by atoms with van der Waals surface area (Å²) in [6, 6.07) is 9.19. The highest BCUT2D eigenvalue weighted by molar-refractivity contribution is 7.82. The summed E-state index contributed by atoms with van der Waals surface area (Å²) in [5.74, 6) is 2.49. The molecule has 0 aliphatic carbocycles. The van der Waals surface area contributed by atoms with Gasteiger partial charge in [-0.2, -0.15) is 12.6 Å². The van der Waals surface area contributed by atoms with Crippen molar-refractivity contribution in [2.45, 2.75) is 277 Å². The van der Waals surface area contributed by atoms with Crippen LogP contribution in [0.4, 0.5) is 0 Å². The Hall–Kier alpha value is -1.61. The van der Waals surface area contributed by atoms with Crippen LogP contribution < -0.4 is 0 Å². The van der Waals surface area contributed by atoms with Crippen molar-refractivity contribution >= 4 is 12.6 Å². The number of phenols is 2. The third-order valence-corrected chi connectivity index (χ3v) is 13.5. The van der Waals surface area contributed by atoms with Gasteiger partial charge >= 0.3 is 0 Å². The van der Waals surface area contributed by atoms with Crippen LogP contribution in [0.15, 0.2) is 24.3 Å². The van der Waals surface area contributed by atoms with E-state index < -0.39 is 0 Å². The Morgan fingerprint density at radius 1 is 0.390 bits per heavy atom. The fourth-order valence-electron chi connectivity index (χ4n) is 9.11. The predicted octanol–water partition coefficient (Wildman–Crippen LogP) is 17.9. The van der Waals surface area contributed by atoms with Crippen molar-refractivity contribution in [2.75, 3.05) is 0 Å². The molecular formula is C56H97O2S. The lowest BCUT2D eigenvalue weighted by Crippen LogP contribution is -2.36. The van der Waals surface area contributed by atoms with Crippen molar-refractivity contribution in [1.82, 2.24) is 0 Å². The summed E-state index contributed by atoms with van der Waals surface area (Å²) in [5.41, 5.74) is 5.84. The van der Waals surface area contributed by atoms with E-state index in [4.69, 9.17) is 12.6 Å². The van der Waals surface area contributed by atoms with Crippen LogP contribution in [0.2, 0.25) is 0 Å². The average molecular weight is 834 g/mol. The second-order valence-electron chi connectivity index (χ2n) is 22.9. The van der Waals surface area contributed by atoms with Crippen LogP contribution in [0.1, 0.15) is 272 Å². The second kappa shape index (κ2) is 24.9. The Kier molecular flexibility index (Phi) is 22.6. The number of rotatable bonds is 27. The average Bonchev–Trinajstić information content (AvgIpc) is 3.11. The monoisotopic (exact) mass is 834 g/mol. The minimum atomic E-state index is -0.388. The molecule has 59 heavy (non-hydrogen) atoms. The molecule has 0 heterocycles. The SMILES string of the molecule is CCCCCCCCCCCC[C](CCCCCCCCCCCC)C(S)(Cc1cc(C(C)(C)C)c(O)c(C(C)(C)C)c1)Cc1cc(C(C)(C)C)c(O)c(C(C)(C)C)c1. The molecule has 3 heteroatoms. The molecule has 2 aromatic carbocycles. The summed E-state index contributed by atoms with van der Waals surface area (Å²) in [4.78, 5) is 0. The molecule has 0 unspecified atom stereocenters. The minimum absolute atomic E-state index is 0.196. The molecule has 0 aliphatic rings. The molecule has 0 atom stereocenters. The van der Waals surface area contributed by atoms with E-state index in [1.54, 1.807) is 5.92 Å². The van der Waals surface area contributed by atoms with Gasteiger partial charge in [0.2, 0.25) is 0 Å². The summed E-state index contributed by atoms with van der Waals surface area (Å²) in [6.45, 7) is 31.3. The van der Waals surface area contributed by atoms with Gasteiger partial charge in [-0.15, -0.1) is 0 Å². The fraction of sp³-hybridized carbons (Fsp3) is 0.768. The number of thiol groups is 1. The Morgan fingerprint density at radius 3 is 0.831 bits per heavy atom. The van der Waals surface area contributed by atoms with Gasteiger partial charge in [0.15, 0.2) is 0 Å². The van der Waals surface area contributed by atoms with Gasteiger partial charge in [-0.3, -0.25) is 0 Å². The largest absolute Gasteiger partial charge is 0.507 e. The van der Waals surface area contributed by atoms with Crippen molar-refractivity contribution in [2.24, 2.45) is 0 Å². The second-order valence-corrected chi connectivity index (χ2v) is 23.8. The van der Waals surface area contributed by atoms with E-state index in [9.17, 15) is 10.2 Å². The van der Waals surface area contributed by atoms with E-state index in [0.29, 0.717) is 11.5 Å². The van der Waals surface area contributed by atoms with Crippen molar-refractivity contribution in [3.05, 3.63) is 63.6 Å². The van der Waals surface area contributed by atoms with Crippen molar-refractivity contribution in [3.8, 4) is 11.5 Å². The maximum Gasteiger partial charge on any atom is 0.123 e.